The fourth-order valence-electron chi connectivity index (χ4n) is 3.24. The molecule has 0 amide bonds. The van der Waals surface area contributed by atoms with E-state index in [0.717, 1.165) is 44.9 Å². The van der Waals surface area contributed by atoms with Crippen molar-refractivity contribution >= 4 is 0 Å². The largest absolute Gasteiger partial charge is 0.393 e. The predicted octanol–water partition coefficient (Wildman–Crippen LogP) is 2.53. The van der Waals surface area contributed by atoms with Crippen LogP contribution in [0.2, 0.25) is 0 Å². The van der Waals surface area contributed by atoms with E-state index in [9.17, 15) is 5.11 Å². The van der Waals surface area contributed by atoms with E-state index in [1.807, 2.05) is 0 Å². The zero-order valence-electron chi connectivity index (χ0n) is 13.1. The molecule has 3 nitrogen and oxygen atoms in total. The minimum atomic E-state index is -0.0856. The van der Waals surface area contributed by atoms with Crippen molar-refractivity contribution in [2.75, 3.05) is 13.1 Å². The molecule has 2 N–H and O–H groups in total. The molecular weight excluding hydrogens is 260 g/mol. The van der Waals surface area contributed by atoms with Gasteiger partial charge in [-0.1, -0.05) is 24.3 Å². The van der Waals surface area contributed by atoms with Crippen LogP contribution in [0.4, 0.5) is 0 Å². The Morgan fingerprint density at radius 1 is 1.14 bits per heavy atom. The van der Waals surface area contributed by atoms with Gasteiger partial charge < -0.3 is 10.4 Å². The van der Waals surface area contributed by atoms with E-state index in [1.165, 1.54) is 24.0 Å². The molecule has 1 aromatic carbocycles. The molecule has 1 aliphatic heterocycles. The average molecular weight is 288 g/mol. The van der Waals surface area contributed by atoms with Crippen LogP contribution in [0.3, 0.4) is 0 Å². The summed E-state index contributed by atoms with van der Waals surface area (Å²) in [7, 11) is 0. The van der Waals surface area contributed by atoms with Gasteiger partial charge in [0.15, 0.2) is 0 Å². The highest BCUT2D eigenvalue weighted by Gasteiger charge is 2.27. The first-order chi connectivity index (χ1) is 10.2. The van der Waals surface area contributed by atoms with Gasteiger partial charge in [-0.05, 0) is 49.7 Å². The molecule has 3 heteroatoms. The highest BCUT2D eigenvalue weighted by molar-refractivity contribution is 5.27. The molecule has 1 atom stereocenters. The Hall–Kier alpha value is -0.900. The third-order valence-electron chi connectivity index (χ3n) is 5.01. The molecule has 0 aromatic heterocycles. The maximum absolute atomic E-state index is 9.61. The number of nitrogens with zero attached hydrogens (tertiary/aromatic N) is 1. The number of hydrogen-bond acceptors (Lipinski definition) is 3. The van der Waals surface area contributed by atoms with Crippen LogP contribution in [0.5, 0.6) is 0 Å². The van der Waals surface area contributed by atoms with Gasteiger partial charge in [0.1, 0.15) is 0 Å². The van der Waals surface area contributed by atoms with Gasteiger partial charge in [0.2, 0.25) is 0 Å². The van der Waals surface area contributed by atoms with E-state index >= 15 is 0 Å². The van der Waals surface area contributed by atoms with Gasteiger partial charge in [-0.15, -0.1) is 0 Å². The Bertz CT molecular complexity index is 450. The van der Waals surface area contributed by atoms with Crippen molar-refractivity contribution in [3.05, 3.63) is 35.4 Å². The summed E-state index contributed by atoms with van der Waals surface area (Å²) in [6.45, 7) is 6.34. The van der Waals surface area contributed by atoms with E-state index in [2.05, 4.69) is 41.4 Å². The molecule has 116 valence electrons. The van der Waals surface area contributed by atoms with E-state index in [1.54, 1.807) is 0 Å². The molecule has 1 saturated carbocycles. The van der Waals surface area contributed by atoms with E-state index < -0.39 is 0 Å². The summed E-state index contributed by atoms with van der Waals surface area (Å²) in [6, 6.07) is 9.43. The van der Waals surface area contributed by atoms with Crippen molar-refractivity contribution < 1.29 is 5.11 Å². The van der Waals surface area contributed by atoms with Gasteiger partial charge in [0.25, 0.3) is 0 Å². The van der Waals surface area contributed by atoms with Crippen molar-refractivity contribution in [1.29, 1.82) is 0 Å². The van der Waals surface area contributed by atoms with Gasteiger partial charge in [-0.3, -0.25) is 4.90 Å². The first-order valence-corrected chi connectivity index (χ1v) is 8.43. The third-order valence-corrected chi connectivity index (χ3v) is 5.01. The van der Waals surface area contributed by atoms with E-state index in [4.69, 9.17) is 0 Å². The average Bonchev–Trinajstić information content (AvgIpc) is 3.33. The molecular formula is C18H28N2O. The van der Waals surface area contributed by atoms with Gasteiger partial charge in [-0.2, -0.15) is 0 Å². The van der Waals surface area contributed by atoms with Crippen LogP contribution in [-0.4, -0.2) is 35.2 Å². The lowest BCUT2D eigenvalue weighted by Gasteiger charge is -2.30. The van der Waals surface area contributed by atoms with Crippen molar-refractivity contribution in [3.8, 4) is 0 Å². The number of rotatable bonds is 6. The fourth-order valence-corrected chi connectivity index (χ4v) is 3.24. The topological polar surface area (TPSA) is 35.5 Å². The fraction of sp³-hybridized carbons (Fsp3) is 0.667. The quantitative estimate of drug-likeness (QED) is 0.844. The second kappa shape index (κ2) is 6.91. The molecule has 1 heterocycles. The number of piperidine rings is 1. The van der Waals surface area contributed by atoms with Crippen LogP contribution in [0.1, 0.15) is 43.7 Å². The van der Waals surface area contributed by atoms with Crippen LogP contribution < -0.4 is 5.32 Å². The summed E-state index contributed by atoms with van der Waals surface area (Å²) >= 11 is 0. The van der Waals surface area contributed by atoms with Crippen molar-refractivity contribution in [3.63, 3.8) is 0 Å². The minimum Gasteiger partial charge on any atom is -0.393 e. The first kappa shape index (κ1) is 15.0. The normalized spacial score (nSPS) is 22.4. The Morgan fingerprint density at radius 2 is 1.81 bits per heavy atom. The standard InChI is InChI=1S/C18H28N2O/c1-14(15-6-7-15)19-12-16-4-2-3-5-17(16)13-20-10-8-18(21)9-11-20/h2-5,14-15,18-19,21H,6-13H2,1H3. The molecule has 0 bridgehead atoms. The van der Waals surface area contributed by atoms with Crippen LogP contribution in [-0.2, 0) is 13.1 Å². The molecule has 1 saturated heterocycles. The summed E-state index contributed by atoms with van der Waals surface area (Å²) in [6.07, 6.45) is 4.54. The van der Waals surface area contributed by atoms with Gasteiger partial charge in [-0.25, -0.2) is 0 Å². The van der Waals surface area contributed by atoms with Crippen molar-refractivity contribution in [2.45, 2.75) is 57.8 Å². The number of aliphatic hydroxyl groups excluding tert-OH is 1. The lowest BCUT2D eigenvalue weighted by molar-refractivity contribution is 0.0791. The molecule has 3 rings (SSSR count). The number of benzene rings is 1. The Morgan fingerprint density at radius 3 is 2.48 bits per heavy atom. The lowest BCUT2D eigenvalue weighted by Crippen LogP contribution is -2.35. The number of nitrogens with one attached hydrogen (secondary N) is 1. The summed E-state index contributed by atoms with van der Waals surface area (Å²) < 4.78 is 0. The molecule has 21 heavy (non-hydrogen) atoms. The number of aliphatic hydroxyl groups is 1. The van der Waals surface area contributed by atoms with Gasteiger partial charge in [0.05, 0.1) is 6.10 Å². The second-order valence-electron chi connectivity index (χ2n) is 6.78. The van der Waals surface area contributed by atoms with Crippen LogP contribution in [0, 0.1) is 5.92 Å². The molecule has 0 radical (unpaired) electrons. The SMILES string of the molecule is CC(NCc1ccccc1CN1CCC(O)CC1)C1CC1. The van der Waals surface area contributed by atoms with E-state index in [0.29, 0.717) is 6.04 Å². The minimum absolute atomic E-state index is 0.0856. The predicted molar refractivity (Wildman–Crippen MR) is 86.0 cm³/mol. The summed E-state index contributed by atoms with van der Waals surface area (Å²) in [5.41, 5.74) is 2.86. The lowest BCUT2D eigenvalue weighted by atomic mass is 10.0. The Kier molecular flexibility index (Phi) is 4.94. The molecule has 1 unspecified atom stereocenters. The molecule has 2 aliphatic rings. The molecule has 0 spiro atoms. The van der Waals surface area contributed by atoms with Crippen LogP contribution in [0.15, 0.2) is 24.3 Å². The zero-order chi connectivity index (χ0) is 14.7. The highest BCUT2D eigenvalue weighted by atomic mass is 16.3. The number of hydrogen-bond donors (Lipinski definition) is 2. The van der Waals surface area contributed by atoms with Crippen LogP contribution in [0.25, 0.3) is 0 Å². The summed E-state index contributed by atoms with van der Waals surface area (Å²) in [5, 5.41) is 13.3. The Balaban J connectivity index is 1.56. The maximum atomic E-state index is 9.61. The second-order valence-corrected chi connectivity index (χ2v) is 6.78. The first-order valence-electron chi connectivity index (χ1n) is 8.43. The van der Waals surface area contributed by atoms with Gasteiger partial charge in [0, 0.05) is 32.2 Å². The molecule has 2 fully saturated rings. The molecule has 1 aliphatic carbocycles. The smallest absolute Gasteiger partial charge is 0.0564 e. The maximum Gasteiger partial charge on any atom is 0.0564 e. The Labute approximate surface area is 128 Å². The summed E-state index contributed by atoms with van der Waals surface area (Å²) in [5.74, 6) is 0.903. The third kappa shape index (κ3) is 4.29. The number of likely N-dealkylation sites (tertiary alicyclic amines) is 1. The summed E-state index contributed by atoms with van der Waals surface area (Å²) in [4.78, 5) is 2.47. The van der Waals surface area contributed by atoms with Crippen LogP contribution >= 0.6 is 0 Å². The van der Waals surface area contributed by atoms with Crippen molar-refractivity contribution in [2.24, 2.45) is 5.92 Å². The van der Waals surface area contributed by atoms with Crippen molar-refractivity contribution in [1.82, 2.24) is 10.2 Å². The highest BCUT2D eigenvalue weighted by Crippen LogP contribution is 2.32. The molecule has 1 aromatic rings. The van der Waals surface area contributed by atoms with E-state index in [-0.39, 0.29) is 6.10 Å². The zero-order valence-corrected chi connectivity index (χ0v) is 13.1. The monoisotopic (exact) mass is 288 g/mol. The van der Waals surface area contributed by atoms with Gasteiger partial charge >= 0.3 is 0 Å².